The Morgan fingerprint density at radius 1 is 1.15 bits per heavy atom. The third kappa shape index (κ3) is 3.72. The number of hydrogen-bond acceptors (Lipinski definition) is 4. The molecule has 3 rings (SSSR count). The van der Waals surface area contributed by atoms with Crippen LogP contribution in [-0.2, 0) is 11.3 Å². The third-order valence-corrected chi connectivity index (χ3v) is 4.31. The van der Waals surface area contributed by atoms with Crippen LogP contribution in [0.4, 0.5) is 5.69 Å². The standard InChI is InChI=1S/C16H25N3O/c17-14-3-6-16(11-14)18-15-4-1-13(2-5-15)12-19-7-9-20-10-8-19/h1-2,4-5,14,16,18H,3,6-12,17H2. The number of benzene rings is 1. The lowest BCUT2D eigenvalue weighted by atomic mass is 10.1. The molecular weight excluding hydrogens is 250 g/mol. The van der Waals surface area contributed by atoms with E-state index < -0.39 is 0 Å². The quantitative estimate of drug-likeness (QED) is 0.880. The smallest absolute Gasteiger partial charge is 0.0594 e. The lowest BCUT2D eigenvalue weighted by Gasteiger charge is -2.26. The molecule has 2 atom stereocenters. The Kier molecular flexibility index (Phi) is 4.55. The number of anilines is 1. The van der Waals surface area contributed by atoms with Crippen molar-refractivity contribution in [1.29, 1.82) is 0 Å². The van der Waals surface area contributed by atoms with E-state index in [0.717, 1.165) is 45.7 Å². The minimum Gasteiger partial charge on any atom is -0.382 e. The molecule has 0 radical (unpaired) electrons. The van der Waals surface area contributed by atoms with Gasteiger partial charge in [0.1, 0.15) is 0 Å². The fraction of sp³-hybridized carbons (Fsp3) is 0.625. The van der Waals surface area contributed by atoms with Gasteiger partial charge in [0.2, 0.25) is 0 Å². The lowest BCUT2D eigenvalue weighted by molar-refractivity contribution is 0.0342. The number of hydrogen-bond donors (Lipinski definition) is 2. The summed E-state index contributed by atoms with van der Waals surface area (Å²) in [5.74, 6) is 0. The van der Waals surface area contributed by atoms with E-state index in [9.17, 15) is 0 Å². The van der Waals surface area contributed by atoms with Gasteiger partial charge in [-0.05, 0) is 37.0 Å². The lowest BCUT2D eigenvalue weighted by Crippen LogP contribution is -2.35. The van der Waals surface area contributed by atoms with E-state index >= 15 is 0 Å². The van der Waals surface area contributed by atoms with Crippen molar-refractivity contribution < 1.29 is 4.74 Å². The van der Waals surface area contributed by atoms with Gasteiger partial charge in [-0.1, -0.05) is 12.1 Å². The Morgan fingerprint density at radius 2 is 1.90 bits per heavy atom. The maximum Gasteiger partial charge on any atom is 0.0594 e. The summed E-state index contributed by atoms with van der Waals surface area (Å²) < 4.78 is 5.38. The summed E-state index contributed by atoms with van der Waals surface area (Å²) in [5, 5.41) is 3.59. The van der Waals surface area contributed by atoms with Crippen molar-refractivity contribution in [2.24, 2.45) is 5.73 Å². The van der Waals surface area contributed by atoms with Gasteiger partial charge in [0, 0.05) is 37.4 Å². The fourth-order valence-electron chi connectivity index (χ4n) is 3.11. The Hall–Kier alpha value is -1.10. The molecule has 2 aliphatic rings. The first-order valence-electron chi connectivity index (χ1n) is 7.71. The fourth-order valence-corrected chi connectivity index (χ4v) is 3.11. The molecule has 1 aromatic carbocycles. The first-order chi connectivity index (χ1) is 9.79. The van der Waals surface area contributed by atoms with Gasteiger partial charge in [0.15, 0.2) is 0 Å². The number of nitrogens with one attached hydrogen (secondary N) is 1. The van der Waals surface area contributed by atoms with Gasteiger partial charge in [-0.3, -0.25) is 4.90 Å². The molecule has 1 aromatic rings. The highest BCUT2D eigenvalue weighted by atomic mass is 16.5. The Labute approximate surface area is 121 Å². The van der Waals surface area contributed by atoms with Gasteiger partial charge in [-0.2, -0.15) is 0 Å². The Balaban J connectivity index is 1.51. The van der Waals surface area contributed by atoms with Crippen molar-refractivity contribution in [2.75, 3.05) is 31.6 Å². The van der Waals surface area contributed by atoms with Crippen LogP contribution in [0.25, 0.3) is 0 Å². The molecule has 2 fully saturated rings. The van der Waals surface area contributed by atoms with Crippen LogP contribution in [0.2, 0.25) is 0 Å². The molecule has 110 valence electrons. The maximum absolute atomic E-state index is 5.95. The van der Waals surface area contributed by atoms with E-state index in [4.69, 9.17) is 10.5 Å². The Morgan fingerprint density at radius 3 is 2.55 bits per heavy atom. The highest BCUT2D eigenvalue weighted by molar-refractivity contribution is 5.45. The van der Waals surface area contributed by atoms with Gasteiger partial charge in [0.25, 0.3) is 0 Å². The molecule has 1 aliphatic heterocycles. The minimum absolute atomic E-state index is 0.382. The van der Waals surface area contributed by atoms with Crippen LogP contribution in [0, 0.1) is 0 Å². The molecule has 20 heavy (non-hydrogen) atoms. The number of nitrogens with zero attached hydrogens (tertiary/aromatic N) is 1. The van der Waals surface area contributed by atoms with Gasteiger partial charge < -0.3 is 15.8 Å². The second-order valence-corrected chi connectivity index (χ2v) is 6.00. The van der Waals surface area contributed by atoms with Gasteiger partial charge in [0.05, 0.1) is 13.2 Å². The molecule has 0 aromatic heterocycles. The van der Waals surface area contributed by atoms with Crippen LogP contribution >= 0.6 is 0 Å². The van der Waals surface area contributed by atoms with Crippen molar-refractivity contribution in [3.8, 4) is 0 Å². The zero-order valence-corrected chi connectivity index (χ0v) is 12.1. The van der Waals surface area contributed by atoms with Crippen molar-refractivity contribution in [3.63, 3.8) is 0 Å². The first kappa shape index (κ1) is 13.9. The van der Waals surface area contributed by atoms with Crippen LogP contribution < -0.4 is 11.1 Å². The third-order valence-electron chi connectivity index (χ3n) is 4.31. The van der Waals surface area contributed by atoms with E-state index in [-0.39, 0.29) is 0 Å². The molecule has 1 heterocycles. The molecule has 0 spiro atoms. The molecule has 1 saturated heterocycles. The van der Waals surface area contributed by atoms with Gasteiger partial charge in [-0.25, -0.2) is 0 Å². The number of morpholine rings is 1. The minimum atomic E-state index is 0.382. The molecule has 4 nitrogen and oxygen atoms in total. The zero-order valence-electron chi connectivity index (χ0n) is 12.1. The summed E-state index contributed by atoms with van der Waals surface area (Å²) in [6, 6.07) is 9.78. The average Bonchev–Trinajstić information content (AvgIpc) is 2.88. The van der Waals surface area contributed by atoms with Gasteiger partial charge >= 0.3 is 0 Å². The monoisotopic (exact) mass is 275 g/mol. The zero-order chi connectivity index (χ0) is 13.8. The Bertz CT molecular complexity index is 388. The van der Waals surface area contributed by atoms with Crippen molar-refractivity contribution in [1.82, 2.24) is 4.90 Å². The van der Waals surface area contributed by atoms with E-state index in [2.05, 4.69) is 34.5 Å². The normalized spacial score (nSPS) is 27.6. The molecule has 4 heteroatoms. The summed E-state index contributed by atoms with van der Waals surface area (Å²) >= 11 is 0. The van der Waals surface area contributed by atoms with Gasteiger partial charge in [-0.15, -0.1) is 0 Å². The van der Waals surface area contributed by atoms with E-state index in [1.807, 2.05) is 0 Å². The summed E-state index contributed by atoms with van der Waals surface area (Å²) in [6.45, 7) is 4.83. The second kappa shape index (κ2) is 6.57. The number of nitrogens with two attached hydrogens (primary N) is 1. The van der Waals surface area contributed by atoms with Crippen molar-refractivity contribution in [3.05, 3.63) is 29.8 Å². The maximum atomic E-state index is 5.95. The molecule has 3 N–H and O–H groups in total. The largest absolute Gasteiger partial charge is 0.382 e. The van der Waals surface area contributed by atoms with Crippen LogP contribution in [0.15, 0.2) is 24.3 Å². The summed E-state index contributed by atoms with van der Waals surface area (Å²) in [4.78, 5) is 2.45. The molecule has 1 aliphatic carbocycles. The number of ether oxygens (including phenoxy) is 1. The molecule has 1 saturated carbocycles. The van der Waals surface area contributed by atoms with Crippen LogP contribution in [0.5, 0.6) is 0 Å². The highest BCUT2D eigenvalue weighted by Crippen LogP contribution is 2.22. The second-order valence-electron chi connectivity index (χ2n) is 6.00. The topological polar surface area (TPSA) is 50.5 Å². The predicted molar refractivity (Wildman–Crippen MR) is 81.8 cm³/mol. The average molecular weight is 275 g/mol. The predicted octanol–water partition coefficient (Wildman–Crippen LogP) is 1.81. The van der Waals surface area contributed by atoms with Crippen molar-refractivity contribution >= 4 is 5.69 Å². The molecule has 0 amide bonds. The van der Waals surface area contributed by atoms with E-state index in [1.165, 1.54) is 17.7 Å². The first-order valence-corrected chi connectivity index (χ1v) is 7.71. The van der Waals surface area contributed by atoms with E-state index in [1.54, 1.807) is 0 Å². The van der Waals surface area contributed by atoms with Crippen LogP contribution in [-0.4, -0.2) is 43.3 Å². The molecule has 0 bridgehead atoms. The highest BCUT2D eigenvalue weighted by Gasteiger charge is 2.21. The van der Waals surface area contributed by atoms with Crippen molar-refractivity contribution in [2.45, 2.75) is 37.9 Å². The summed E-state index contributed by atoms with van der Waals surface area (Å²) in [5.41, 5.74) is 8.54. The summed E-state index contributed by atoms with van der Waals surface area (Å²) in [6.07, 6.45) is 3.43. The molecular formula is C16H25N3O. The van der Waals surface area contributed by atoms with Crippen LogP contribution in [0.1, 0.15) is 24.8 Å². The SMILES string of the molecule is NC1CCC(Nc2ccc(CN3CCOCC3)cc2)C1. The summed E-state index contributed by atoms with van der Waals surface area (Å²) in [7, 11) is 0. The van der Waals surface area contributed by atoms with E-state index in [0.29, 0.717) is 12.1 Å². The van der Waals surface area contributed by atoms with Crippen LogP contribution in [0.3, 0.4) is 0 Å². The number of rotatable bonds is 4. The molecule has 2 unspecified atom stereocenters.